The molecule has 0 aromatic heterocycles. The molecule has 1 aromatic carbocycles. The lowest BCUT2D eigenvalue weighted by Gasteiger charge is -2.09. The van der Waals surface area contributed by atoms with Gasteiger partial charge in [0.25, 0.3) is 5.69 Å². The van der Waals surface area contributed by atoms with Gasteiger partial charge < -0.3 is 0 Å². The largest absolute Gasteiger partial charge is 0.326 e. The van der Waals surface area contributed by atoms with E-state index in [2.05, 4.69) is 0 Å². The minimum atomic E-state index is -4.21. The summed E-state index contributed by atoms with van der Waals surface area (Å²) in [5.41, 5.74) is -0.0290. The second kappa shape index (κ2) is 4.94. The fourth-order valence-electron chi connectivity index (χ4n) is 0.987. The monoisotopic (exact) mass is 249 g/mol. The molecule has 92 valence electrons. The number of rotatable bonds is 4. The van der Waals surface area contributed by atoms with Crippen molar-refractivity contribution in [1.82, 2.24) is 0 Å². The van der Waals surface area contributed by atoms with E-state index < -0.39 is 17.3 Å². The van der Waals surface area contributed by atoms with Crippen molar-refractivity contribution in [2.24, 2.45) is 0 Å². The fraction of sp³-hybridized carbons (Fsp3) is 0.200. The zero-order chi connectivity index (χ0) is 13.1. The average Bonchev–Trinajstić information content (AvgIpc) is 2.27. The molecule has 0 atom stereocenters. The Labute approximate surface area is 93.5 Å². The van der Waals surface area contributed by atoms with Gasteiger partial charge >= 0.3 is 12.3 Å². The van der Waals surface area contributed by atoms with Gasteiger partial charge in [0, 0.05) is 12.1 Å². The van der Waals surface area contributed by atoms with Gasteiger partial charge in [0.1, 0.15) is 0 Å². The predicted molar refractivity (Wildman–Crippen MR) is 53.1 cm³/mol. The van der Waals surface area contributed by atoms with Crippen LogP contribution < -0.4 is 0 Å². The van der Waals surface area contributed by atoms with E-state index in [0.29, 0.717) is 0 Å². The highest BCUT2D eigenvalue weighted by Crippen LogP contribution is 2.25. The molecule has 3 nitrogen and oxygen atoms in total. The number of benzene rings is 1. The molecule has 0 unspecified atom stereocenters. The molecule has 0 radical (unpaired) electrons. The van der Waals surface area contributed by atoms with Crippen molar-refractivity contribution in [2.45, 2.75) is 12.3 Å². The zero-order valence-electron chi connectivity index (χ0n) is 8.32. The molecule has 0 N–H and O–H groups in total. The van der Waals surface area contributed by atoms with Crippen LogP contribution in [0.1, 0.15) is 5.56 Å². The van der Waals surface area contributed by atoms with Crippen LogP contribution in [0.25, 0.3) is 6.08 Å². The number of non-ortho nitro benzene ring substituents is 1. The third-order valence-electron chi connectivity index (χ3n) is 1.89. The van der Waals surface area contributed by atoms with E-state index in [1.165, 1.54) is 12.1 Å². The molecule has 0 aliphatic heterocycles. The number of allylic oxidation sites excluding steroid dienone is 1. The number of nitro benzene ring substituents is 1. The van der Waals surface area contributed by atoms with Crippen molar-refractivity contribution in [2.75, 3.05) is 0 Å². The fourth-order valence-corrected chi connectivity index (χ4v) is 0.987. The molecule has 0 amide bonds. The summed E-state index contributed by atoms with van der Waals surface area (Å²) in [6.07, 6.45) is -2.92. The Balaban J connectivity index is 2.83. The van der Waals surface area contributed by atoms with Crippen LogP contribution in [0.5, 0.6) is 0 Å². The van der Waals surface area contributed by atoms with E-state index in [1.807, 2.05) is 0 Å². The Kier molecular flexibility index (Phi) is 3.82. The summed E-state index contributed by atoms with van der Waals surface area (Å²) in [6.45, 7) is 0. The number of nitrogens with zero attached hydrogens (tertiary/aromatic N) is 1. The molecular weight excluding hydrogens is 242 g/mol. The van der Waals surface area contributed by atoms with Gasteiger partial charge in [-0.2, -0.15) is 8.78 Å². The maximum Gasteiger partial charge on any atom is 0.326 e. The smallest absolute Gasteiger partial charge is 0.258 e. The number of hydrogen-bond donors (Lipinski definition) is 0. The van der Waals surface area contributed by atoms with Crippen LogP contribution in [0.15, 0.2) is 30.3 Å². The van der Waals surface area contributed by atoms with E-state index >= 15 is 0 Å². The van der Waals surface area contributed by atoms with Crippen molar-refractivity contribution < 1.29 is 22.5 Å². The molecule has 0 heterocycles. The van der Waals surface area contributed by atoms with Gasteiger partial charge in [-0.15, -0.1) is 0 Å². The Hall–Kier alpha value is -1.92. The quantitative estimate of drug-likeness (QED) is 0.465. The van der Waals surface area contributed by atoms with Crippen LogP contribution in [0.2, 0.25) is 0 Å². The molecule has 1 rings (SSSR count). The van der Waals surface area contributed by atoms with Gasteiger partial charge in [-0.05, 0) is 23.8 Å². The summed E-state index contributed by atoms with van der Waals surface area (Å²) >= 11 is 0. The molecule has 0 saturated heterocycles. The maximum atomic E-state index is 12.5. The summed E-state index contributed by atoms with van der Waals surface area (Å²) in [5.74, 6) is -4.21. The van der Waals surface area contributed by atoms with E-state index in [4.69, 9.17) is 0 Å². The highest BCUT2D eigenvalue weighted by atomic mass is 19.3. The van der Waals surface area contributed by atoms with Gasteiger partial charge in [-0.3, -0.25) is 10.1 Å². The first-order chi connectivity index (χ1) is 7.83. The average molecular weight is 249 g/mol. The lowest BCUT2D eigenvalue weighted by Crippen LogP contribution is -2.22. The van der Waals surface area contributed by atoms with Crippen LogP contribution in [-0.4, -0.2) is 17.3 Å². The third kappa shape index (κ3) is 3.54. The highest BCUT2D eigenvalue weighted by molar-refractivity contribution is 5.52. The number of hydrogen-bond acceptors (Lipinski definition) is 2. The third-order valence-corrected chi connectivity index (χ3v) is 1.89. The predicted octanol–water partition coefficient (Wildman–Crippen LogP) is 3.51. The molecule has 7 heteroatoms. The highest BCUT2D eigenvalue weighted by Gasteiger charge is 2.37. The van der Waals surface area contributed by atoms with Crippen LogP contribution in [0, 0.1) is 10.1 Å². The van der Waals surface area contributed by atoms with Crippen molar-refractivity contribution in [3.63, 3.8) is 0 Å². The van der Waals surface area contributed by atoms with Gasteiger partial charge in [0.15, 0.2) is 0 Å². The topological polar surface area (TPSA) is 43.1 Å². The summed E-state index contributed by atoms with van der Waals surface area (Å²) in [5, 5.41) is 10.3. The molecule has 0 aliphatic rings. The summed E-state index contributed by atoms with van der Waals surface area (Å²) < 4.78 is 48.6. The van der Waals surface area contributed by atoms with Crippen LogP contribution in [0.4, 0.5) is 23.2 Å². The normalized spacial score (nSPS) is 12.3. The van der Waals surface area contributed by atoms with Crippen LogP contribution in [0.3, 0.4) is 0 Å². The standard InChI is InChI=1S/C10H7F4NO2/c11-9(12)10(13,14)6-5-7-1-3-8(4-2-7)15(16)17/h1-6,9H. The molecule has 1 aromatic rings. The van der Waals surface area contributed by atoms with Crippen LogP contribution in [-0.2, 0) is 0 Å². The lowest BCUT2D eigenvalue weighted by molar-refractivity contribution is -0.384. The van der Waals surface area contributed by atoms with E-state index in [0.717, 1.165) is 18.2 Å². The van der Waals surface area contributed by atoms with Gasteiger partial charge in [-0.1, -0.05) is 6.08 Å². The molecule has 0 spiro atoms. The number of alkyl halides is 4. The second-order valence-electron chi connectivity index (χ2n) is 3.16. The van der Waals surface area contributed by atoms with E-state index in [9.17, 15) is 27.7 Å². The number of halogens is 4. The first-order valence-electron chi connectivity index (χ1n) is 4.42. The maximum absolute atomic E-state index is 12.5. The molecule has 0 fully saturated rings. The summed E-state index contributed by atoms with van der Waals surface area (Å²) in [7, 11) is 0. The molecular formula is C10H7F4NO2. The van der Waals surface area contributed by atoms with Gasteiger partial charge in [0.05, 0.1) is 4.92 Å². The SMILES string of the molecule is O=[N+]([O-])c1ccc(C=CC(F)(F)C(F)F)cc1. The van der Waals surface area contributed by atoms with Crippen molar-refractivity contribution in [3.05, 3.63) is 46.0 Å². The van der Waals surface area contributed by atoms with E-state index in [1.54, 1.807) is 0 Å². The first kappa shape index (κ1) is 13.1. The Bertz CT molecular complexity index is 428. The Morgan fingerprint density at radius 3 is 2.18 bits per heavy atom. The van der Waals surface area contributed by atoms with Gasteiger partial charge in [0.2, 0.25) is 0 Å². The zero-order valence-corrected chi connectivity index (χ0v) is 8.32. The second-order valence-corrected chi connectivity index (χ2v) is 3.16. The minimum absolute atomic E-state index is 0.0683. The summed E-state index contributed by atoms with van der Waals surface area (Å²) in [4.78, 5) is 9.64. The van der Waals surface area contributed by atoms with Crippen molar-refractivity contribution in [1.29, 1.82) is 0 Å². The molecule has 0 aliphatic carbocycles. The number of nitro groups is 1. The van der Waals surface area contributed by atoms with Crippen molar-refractivity contribution in [3.8, 4) is 0 Å². The van der Waals surface area contributed by atoms with Crippen molar-refractivity contribution >= 4 is 11.8 Å². The van der Waals surface area contributed by atoms with Gasteiger partial charge in [-0.25, -0.2) is 8.78 Å². The first-order valence-corrected chi connectivity index (χ1v) is 4.42. The minimum Gasteiger partial charge on any atom is -0.258 e. The Morgan fingerprint density at radius 1 is 1.24 bits per heavy atom. The lowest BCUT2D eigenvalue weighted by atomic mass is 10.1. The molecule has 0 saturated carbocycles. The Morgan fingerprint density at radius 2 is 1.76 bits per heavy atom. The van der Waals surface area contributed by atoms with E-state index in [-0.39, 0.29) is 17.3 Å². The molecule has 0 bridgehead atoms. The molecule has 17 heavy (non-hydrogen) atoms. The summed E-state index contributed by atoms with van der Waals surface area (Å²) in [6, 6.07) is 4.58. The van der Waals surface area contributed by atoms with Crippen LogP contribution >= 0.6 is 0 Å².